The minimum absolute atomic E-state index is 0.137. The van der Waals surface area contributed by atoms with Crippen LogP contribution in [-0.4, -0.2) is 33.1 Å². The summed E-state index contributed by atoms with van der Waals surface area (Å²) in [6, 6.07) is 8.28. The van der Waals surface area contributed by atoms with E-state index < -0.39 is 17.5 Å². The van der Waals surface area contributed by atoms with Crippen molar-refractivity contribution < 1.29 is 18.3 Å². The summed E-state index contributed by atoms with van der Waals surface area (Å²) in [5.41, 5.74) is 1.90. The van der Waals surface area contributed by atoms with E-state index in [-0.39, 0.29) is 5.95 Å². The Morgan fingerprint density at radius 2 is 1.84 bits per heavy atom. The lowest BCUT2D eigenvalue weighted by molar-refractivity contribution is -0.141. The lowest BCUT2D eigenvalue weighted by Gasteiger charge is -2.33. The van der Waals surface area contributed by atoms with Crippen LogP contribution >= 0.6 is 0 Å². The van der Waals surface area contributed by atoms with E-state index in [1.54, 1.807) is 24.5 Å². The van der Waals surface area contributed by atoms with Crippen molar-refractivity contribution in [2.45, 2.75) is 31.5 Å². The van der Waals surface area contributed by atoms with E-state index in [0.717, 1.165) is 47.6 Å². The number of piperidine rings is 1. The molecule has 0 amide bonds. The van der Waals surface area contributed by atoms with E-state index >= 15 is 0 Å². The third-order valence-electron chi connectivity index (χ3n) is 5.32. The second-order valence-electron chi connectivity index (χ2n) is 7.72. The molecule has 1 saturated heterocycles. The average molecular weight is 429 g/mol. The van der Waals surface area contributed by atoms with Gasteiger partial charge in [-0.1, -0.05) is 6.07 Å². The molecule has 0 saturated carbocycles. The molecular formula is C22H22F3N5O. The molecule has 0 atom stereocenters. The first kappa shape index (κ1) is 21.2. The zero-order chi connectivity index (χ0) is 22.1. The molecule has 6 nitrogen and oxygen atoms in total. The summed E-state index contributed by atoms with van der Waals surface area (Å²) < 4.78 is 38.8. The number of alkyl halides is 3. The summed E-state index contributed by atoms with van der Waals surface area (Å²) >= 11 is 0. The summed E-state index contributed by atoms with van der Waals surface area (Å²) in [6.07, 6.45) is 1.12. The van der Waals surface area contributed by atoms with Gasteiger partial charge in [0, 0.05) is 35.4 Å². The van der Waals surface area contributed by atoms with Gasteiger partial charge >= 0.3 is 6.18 Å². The van der Waals surface area contributed by atoms with Crippen molar-refractivity contribution in [2.24, 2.45) is 0 Å². The van der Waals surface area contributed by atoms with Gasteiger partial charge in [0.25, 0.3) is 0 Å². The van der Waals surface area contributed by atoms with Gasteiger partial charge in [0.15, 0.2) is 0 Å². The van der Waals surface area contributed by atoms with Crippen molar-refractivity contribution >= 4 is 11.6 Å². The summed E-state index contributed by atoms with van der Waals surface area (Å²) in [5, 5.41) is 17.1. The number of aliphatic hydroxyl groups is 1. The lowest BCUT2D eigenvalue weighted by atomic mass is 9.85. The second-order valence-corrected chi connectivity index (χ2v) is 7.72. The van der Waals surface area contributed by atoms with Crippen LogP contribution in [-0.2, 0) is 11.8 Å². The fourth-order valence-electron chi connectivity index (χ4n) is 3.71. The van der Waals surface area contributed by atoms with Crippen LogP contribution in [0.25, 0.3) is 11.1 Å². The monoisotopic (exact) mass is 429 g/mol. The number of hydrogen-bond donors (Lipinski definition) is 3. The Kier molecular flexibility index (Phi) is 5.63. The van der Waals surface area contributed by atoms with Gasteiger partial charge in [-0.3, -0.25) is 4.98 Å². The SMILES string of the molecule is Cc1cc(Nc2nccc(C(F)(F)F)n2)cc(-c2cncc(C3(O)CCNCC3)c2)c1. The molecule has 1 aliphatic heterocycles. The fourth-order valence-corrected chi connectivity index (χ4v) is 3.71. The minimum Gasteiger partial charge on any atom is -0.385 e. The summed E-state index contributed by atoms with van der Waals surface area (Å²) in [4.78, 5) is 11.8. The van der Waals surface area contributed by atoms with Gasteiger partial charge in [-0.15, -0.1) is 0 Å². The Hall–Kier alpha value is -3.04. The minimum atomic E-state index is -4.54. The standard InChI is InChI=1S/C22H22F3N5O/c1-14-8-15(16-10-17(13-27-12-16)21(31)3-6-26-7-4-21)11-18(9-14)29-20-28-5-2-19(30-20)22(23,24)25/h2,5,8-13,26,31H,3-4,6-7H2,1H3,(H,28,29,30). The van der Waals surface area contributed by atoms with Crippen LogP contribution in [0.4, 0.5) is 24.8 Å². The molecule has 1 fully saturated rings. The van der Waals surface area contributed by atoms with E-state index in [0.29, 0.717) is 18.5 Å². The van der Waals surface area contributed by atoms with Crippen molar-refractivity contribution in [3.63, 3.8) is 0 Å². The topological polar surface area (TPSA) is 83.0 Å². The molecule has 0 aliphatic carbocycles. The van der Waals surface area contributed by atoms with Crippen LogP contribution in [0, 0.1) is 6.92 Å². The highest BCUT2D eigenvalue weighted by Crippen LogP contribution is 2.34. The molecule has 3 heterocycles. The zero-order valence-electron chi connectivity index (χ0n) is 16.9. The van der Waals surface area contributed by atoms with Crippen LogP contribution < -0.4 is 10.6 Å². The molecular weight excluding hydrogens is 407 g/mol. The summed E-state index contributed by atoms with van der Waals surface area (Å²) in [5.74, 6) is -0.137. The lowest BCUT2D eigenvalue weighted by Crippen LogP contribution is -2.39. The summed E-state index contributed by atoms with van der Waals surface area (Å²) in [6.45, 7) is 3.35. The number of benzene rings is 1. The van der Waals surface area contributed by atoms with Crippen molar-refractivity contribution in [1.82, 2.24) is 20.3 Å². The maximum absolute atomic E-state index is 12.9. The molecule has 1 aromatic carbocycles. The average Bonchev–Trinajstić information content (AvgIpc) is 2.74. The third kappa shape index (κ3) is 4.83. The van der Waals surface area contributed by atoms with Gasteiger partial charge in [-0.25, -0.2) is 9.97 Å². The summed E-state index contributed by atoms with van der Waals surface area (Å²) in [7, 11) is 0. The molecule has 3 N–H and O–H groups in total. The highest BCUT2D eigenvalue weighted by atomic mass is 19.4. The number of anilines is 2. The molecule has 9 heteroatoms. The van der Waals surface area contributed by atoms with Crippen LogP contribution in [0.5, 0.6) is 0 Å². The van der Waals surface area contributed by atoms with Crippen LogP contribution in [0.1, 0.15) is 29.7 Å². The first-order chi connectivity index (χ1) is 14.7. The number of aryl methyl sites for hydroxylation is 1. The van der Waals surface area contributed by atoms with Crippen molar-refractivity contribution in [3.05, 3.63) is 65.7 Å². The van der Waals surface area contributed by atoms with E-state index in [9.17, 15) is 18.3 Å². The smallest absolute Gasteiger partial charge is 0.385 e. The van der Waals surface area contributed by atoms with Gasteiger partial charge in [0.05, 0.1) is 5.60 Å². The zero-order valence-corrected chi connectivity index (χ0v) is 16.9. The number of rotatable bonds is 4. The van der Waals surface area contributed by atoms with Gasteiger partial charge in [-0.05, 0) is 68.2 Å². The Bertz CT molecular complexity index is 1080. The molecule has 162 valence electrons. The number of aromatic nitrogens is 3. The highest BCUT2D eigenvalue weighted by Gasteiger charge is 2.33. The first-order valence-electron chi connectivity index (χ1n) is 9.91. The first-order valence-corrected chi connectivity index (χ1v) is 9.91. The maximum Gasteiger partial charge on any atom is 0.433 e. The molecule has 2 aromatic heterocycles. The van der Waals surface area contributed by atoms with E-state index in [2.05, 4.69) is 25.6 Å². The predicted octanol–water partition coefficient (Wildman–Crippen LogP) is 4.18. The van der Waals surface area contributed by atoms with Gasteiger partial charge < -0.3 is 15.7 Å². The van der Waals surface area contributed by atoms with Crippen LogP contribution in [0.3, 0.4) is 0 Å². The molecule has 4 rings (SSSR count). The number of hydrogen-bond acceptors (Lipinski definition) is 6. The fraction of sp³-hybridized carbons (Fsp3) is 0.318. The molecule has 0 bridgehead atoms. The Morgan fingerprint density at radius 1 is 1.06 bits per heavy atom. The number of nitrogens with zero attached hydrogens (tertiary/aromatic N) is 3. The quantitative estimate of drug-likeness (QED) is 0.577. The second kappa shape index (κ2) is 8.24. The normalized spacial score (nSPS) is 16.2. The molecule has 0 unspecified atom stereocenters. The van der Waals surface area contributed by atoms with E-state index in [1.807, 2.05) is 19.1 Å². The van der Waals surface area contributed by atoms with Crippen molar-refractivity contribution in [3.8, 4) is 11.1 Å². The predicted molar refractivity (Wildman–Crippen MR) is 111 cm³/mol. The van der Waals surface area contributed by atoms with Gasteiger partial charge in [0.1, 0.15) is 5.69 Å². The molecule has 0 spiro atoms. The largest absolute Gasteiger partial charge is 0.433 e. The molecule has 3 aromatic rings. The Balaban J connectivity index is 1.64. The van der Waals surface area contributed by atoms with Gasteiger partial charge in [-0.2, -0.15) is 13.2 Å². The van der Waals surface area contributed by atoms with Crippen LogP contribution in [0.15, 0.2) is 48.9 Å². The maximum atomic E-state index is 12.9. The van der Waals surface area contributed by atoms with Gasteiger partial charge in [0.2, 0.25) is 5.95 Å². The van der Waals surface area contributed by atoms with E-state index in [1.165, 1.54) is 0 Å². The highest BCUT2D eigenvalue weighted by molar-refractivity contribution is 5.71. The molecule has 31 heavy (non-hydrogen) atoms. The Labute approximate surface area is 177 Å². The van der Waals surface area contributed by atoms with Crippen molar-refractivity contribution in [1.29, 1.82) is 0 Å². The van der Waals surface area contributed by atoms with Crippen LogP contribution in [0.2, 0.25) is 0 Å². The molecule has 0 radical (unpaired) electrons. The Morgan fingerprint density at radius 3 is 2.58 bits per heavy atom. The third-order valence-corrected chi connectivity index (χ3v) is 5.32. The van der Waals surface area contributed by atoms with E-state index in [4.69, 9.17) is 0 Å². The number of nitrogens with one attached hydrogen (secondary N) is 2. The van der Waals surface area contributed by atoms with Crippen molar-refractivity contribution in [2.75, 3.05) is 18.4 Å². The number of halogens is 3. The molecule has 1 aliphatic rings. The number of pyridine rings is 1.